The molecule has 0 saturated heterocycles. The third kappa shape index (κ3) is 11.5. The number of benzene rings is 2. The molecule has 0 fully saturated rings. The molecular weight excluding hydrogens is 864 g/mol. The predicted octanol–water partition coefficient (Wildman–Crippen LogP) is 7.72. The molecular formula is C49H47ClN8O8. The van der Waals surface area contributed by atoms with Crippen LogP contribution in [0.2, 0.25) is 5.28 Å². The first-order valence-corrected chi connectivity index (χ1v) is 21.0. The summed E-state index contributed by atoms with van der Waals surface area (Å²) in [5.41, 5.74) is 2.05. The van der Waals surface area contributed by atoms with Gasteiger partial charge in [-0.1, -0.05) is 47.9 Å². The lowest BCUT2D eigenvalue weighted by atomic mass is 10.1. The zero-order valence-corrected chi connectivity index (χ0v) is 38.6. The molecule has 0 bridgehead atoms. The number of aryl methyl sites for hydroxylation is 5. The van der Waals surface area contributed by atoms with E-state index in [0.717, 1.165) is 11.1 Å². The molecule has 0 unspecified atom stereocenters. The topological polar surface area (TPSA) is 207 Å². The molecule has 2 N–H and O–H groups in total. The normalized spacial score (nSPS) is 12.5. The van der Waals surface area contributed by atoms with Crippen LogP contribution in [-0.4, -0.2) is 74.4 Å². The Hall–Kier alpha value is -7.63. The summed E-state index contributed by atoms with van der Waals surface area (Å²) >= 11 is 5.75. The number of esters is 2. The van der Waals surface area contributed by atoms with Gasteiger partial charge in [0.25, 0.3) is 0 Å². The van der Waals surface area contributed by atoms with Crippen LogP contribution in [0.3, 0.4) is 0 Å². The number of oxazole rings is 2. The zero-order valence-electron chi connectivity index (χ0n) is 37.8. The van der Waals surface area contributed by atoms with Crippen molar-refractivity contribution < 1.29 is 38.1 Å². The number of hydrogen-bond donors (Lipinski definition) is 2. The molecule has 0 aliphatic rings. The summed E-state index contributed by atoms with van der Waals surface area (Å²) in [4.78, 5) is 49.2. The fourth-order valence-corrected chi connectivity index (χ4v) is 6.36. The maximum Gasteiger partial charge on any atom is 0.357 e. The van der Waals surface area contributed by atoms with Crippen LogP contribution in [0.1, 0.15) is 88.7 Å². The Bertz CT molecular complexity index is 3170. The highest BCUT2D eigenvalue weighted by Crippen LogP contribution is 2.25. The van der Waals surface area contributed by atoms with E-state index < -0.39 is 23.1 Å². The molecule has 0 aliphatic carbocycles. The molecule has 2 atom stereocenters. The van der Waals surface area contributed by atoms with Gasteiger partial charge in [0.1, 0.15) is 22.8 Å². The highest BCUT2D eigenvalue weighted by molar-refractivity contribution is 6.29. The number of aromatic nitrogens is 8. The second kappa shape index (κ2) is 20.5. The molecule has 0 amide bonds. The Balaban J connectivity index is 0.000000179. The SMILES string of the molecule is CCOC(=O)c1nc(-c2cccc(C#C[C@](C)(O)c3ncc(C)o3)c2)nc2c1ccn2C.CCOC(=O)c1nc(Cl)nc2c1ccn2C.Cc1cccc(C#C[C@](C)(O)c2ncc(C)o2)c1. The van der Waals surface area contributed by atoms with Gasteiger partial charge in [-0.05, 0) is 102 Å². The highest BCUT2D eigenvalue weighted by atomic mass is 35.5. The minimum absolute atomic E-state index is 0.0392. The van der Waals surface area contributed by atoms with Crippen molar-refractivity contribution in [3.8, 4) is 35.1 Å². The number of aliphatic hydroxyl groups is 2. The van der Waals surface area contributed by atoms with Gasteiger partial charge in [0.05, 0.1) is 36.4 Å². The molecule has 66 heavy (non-hydrogen) atoms. The van der Waals surface area contributed by atoms with Crippen molar-refractivity contribution in [2.45, 2.75) is 59.7 Å². The Morgan fingerprint density at radius 2 is 1.18 bits per heavy atom. The largest absolute Gasteiger partial charge is 0.461 e. The Morgan fingerprint density at radius 3 is 1.67 bits per heavy atom. The van der Waals surface area contributed by atoms with Crippen LogP contribution in [-0.2, 0) is 34.8 Å². The Kier molecular flexibility index (Phi) is 14.8. The third-order valence-electron chi connectivity index (χ3n) is 9.47. The lowest BCUT2D eigenvalue weighted by Crippen LogP contribution is -2.18. The molecule has 8 aromatic rings. The van der Waals surface area contributed by atoms with Crippen LogP contribution in [0, 0.1) is 44.5 Å². The summed E-state index contributed by atoms with van der Waals surface area (Å²) in [5, 5.41) is 22.1. The molecule has 0 radical (unpaired) electrons. The Morgan fingerprint density at radius 1 is 0.697 bits per heavy atom. The molecule has 17 heteroatoms. The second-order valence-electron chi connectivity index (χ2n) is 15.2. The molecule has 0 spiro atoms. The zero-order chi connectivity index (χ0) is 47.8. The van der Waals surface area contributed by atoms with Crippen molar-refractivity contribution >= 4 is 45.6 Å². The van der Waals surface area contributed by atoms with Crippen LogP contribution >= 0.6 is 11.6 Å². The van der Waals surface area contributed by atoms with E-state index >= 15 is 0 Å². The van der Waals surface area contributed by atoms with Crippen LogP contribution in [0.15, 0.2) is 94.3 Å². The predicted molar refractivity (Wildman–Crippen MR) is 246 cm³/mol. The molecule has 0 saturated carbocycles. The summed E-state index contributed by atoms with van der Waals surface area (Å²) in [5.74, 6) is 12.5. The lowest BCUT2D eigenvalue weighted by Gasteiger charge is -2.11. The molecule has 338 valence electrons. The fourth-order valence-electron chi connectivity index (χ4n) is 6.20. The van der Waals surface area contributed by atoms with Crippen molar-refractivity contribution in [1.29, 1.82) is 0 Å². The van der Waals surface area contributed by atoms with Crippen LogP contribution in [0.25, 0.3) is 33.5 Å². The highest BCUT2D eigenvalue weighted by Gasteiger charge is 2.27. The van der Waals surface area contributed by atoms with Gasteiger partial charge in [0.2, 0.25) is 17.1 Å². The van der Waals surface area contributed by atoms with E-state index in [1.807, 2.05) is 68.2 Å². The first kappa shape index (κ1) is 47.8. The van der Waals surface area contributed by atoms with E-state index in [4.69, 9.17) is 29.9 Å². The van der Waals surface area contributed by atoms with E-state index in [0.29, 0.717) is 57.1 Å². The molecule has 6 heterocycles. The standard InChI is InChI=1S/C24H22N4O4.C15H15NO2.C10H10ClN3O2/c1-5-31-22(29)19-18-10-12-28(4)21(18)27-20(26-19)17-8-6-7-16(13-17)9-11-24(3,30)23-25-14-15(2)32-23;1-11-5-4-6-13(9-11)7-8-15(3,17)14-16-10-12(2)18-14;1-3-16-9(15)7-6-4-5-14(2)8(6)13-10(11)12-7/h6-8,10,12-14,30H,5H2,1-4H3;4-6,9-10,17H,1-3H3;4-5H,3H2,1-2H3/t24-;15-;/m00./s1. The molecule has 2 aromatic carbocycles. The number of hydrogen-bond acceptors (Lipinski definition) is 14. The lowest BCUT2D eigenvalue weighted by molar-refractivity contribution is 0.0512. The van der Waals surface area contributed by atoms with E-state index in [1.54, 1.807) is 75.8 Å². The fraction of sp³-hybridized carbons (Fsp3) is 0.265. The van der Waals surface area contributed by atoms with Crippen molar-refractivity contribution in [3.05, 3.63) is 142 Å². The first-order chi connectivity index (χ1) is 31.4. The first-order valence-electron chi connectivity index (χ1n) is 20.6. The maximum absolute atomic E-state index is 12.5. The third-order valence-corrected chi connectivity index (χ3v) is 9.64. The van der Waals surface area contributed by atoms with Crippen LogP contribution in [0.5, 0.6) is 0 Å². The number of carbonyl (C=O) groups is 2. The number of rotatable bonds is 7. The van der Waals surface area contributed by atoms with Crippen molar-refractivity contribution in [2.75, 3.05) is 13.2 Å². The molecule has 8 rings (SSSR count). The number of nitrogens with zero attached hydrogens (tertiary/aromatic N) is 8. The number of ether oxygens (including phenoxy) is 2. The summed E-state index contributed by atoms with van der Waals surface area (Å²) in [6, 6.07) is 18.6. The molecule has 6 aromatic heterocycles. The smallest absolute Gasteiger partial charge is 0.357 e. The van der Waals surface area contributed by atoms with Crippen molar-refractivity contribution in [2.24, 2.45) is 14.1 Å². The number of carbonyl (C=O) groups excluding carboxylic acids is 2. The van der Waals surface area contributed by atoms with Gasteiger partial charge in [0, 0.05) is 43.2 Å². The number of fused-ring (bicyclic) bond motifs is 2. The average molecular weight is 911 g/mol. The van der Waals surface area contributed by atoms with Gasteiger partial charge < -0.3 is 37.7 Å². The monoisotopic (exact) mass is 910 g/mol. The quantitative estimate of drug-likeness (QED) is 0.0893. The van der Waals surface area contributed by atoms with Crippen molar-refractivity contribution in [3.63, 3.8) is 0 Å². The number of halogens is 1. The second-order valence-corrected chi connectivity index (χ2v) is 15.5. The van der Waals surface area contributed by atoms with E-state index in [-0.39, 0.29) is 35.1 Å². The average Bonchev–Trinajstić information content (AvgIpc) is 4.11. The maximum atomic E-state index is 12.5. The van der Waals surface area contributed by atoms with Gasteiger partial charge in [-0.2, -0.15) is 4.98 Å². The Labute approximate surface area is 385 Å². The van der Waals surface area contributed by atoms with Gasteiger partial charge in [0.15, 0.2) is 28.4 Å². The summed E-state index contributed by atoms with van der Waals surface area (Å²) in [6.07, 6.45) is 6.71. The van der Waals surface area contributed by atoms with Gasteiger partial charge >= 0.3 is 11.9 Å². The summed E-state index contributed by atoms with van der Waals surface area (Å²) in [7, 11) is 3.67. The summed E-state index contributed by atoms with van der Waals surface area (Å²) in [6.45, 7) is 12.7. The van der Waals surface area contributed by atoms with E-state index in [2.05, 4.69) is 53.6 Å². The van der Waals surface area contributed by atoms with E-state index in [9.17, 15) is 19.8 Å². The van der Waals surface area contributed by atoms with Crippen LogP contribution < -0.4 is 0 Å². The molecule has 0 aliphatic heterocycles. The van der Waals surface area contributed by atoms with Crippen LogP contribution in [0.4, 0.5) is 0 Å². The van der Waals surface area contributed by atoms with Gasteiger partial charge in [-0.3, -0.25) is 0 Å². The van der Waals surface area contributed by atoms with E-state index in [1.165, 1.54) is 13.1 Å². The summed E-state index contributed by atoms with van der Waals surface area (Å²) < 4.78 is 24.4. The minimum atomic E-state index is -1.54. The molecule has 16 nitrogen and oxygen atoms in total. The minimum Gasteiger partial charge on any atom is -0.461 e. The van der Waals surface area contributed by atoms with Gasteiger partial charge in [-0.15, -0.1) is 0 Å². The van der Waals surface area contributed by atoms with Crippen molar-refractivity contribution in [1.82, 2.24) is 39.0 Å². The van der Waals surface area contributed by atoms with Gasteiger partial charge in [-0.25, -0.2) is 34.5 Å².